The molecule has 2 aromatic rings. The lowest BCUT2D eigenvalue weighted by molar-refractivity contribution is -0.359. The highest BCUT2D eigenvalue weighted by Crippen LogP contribution is 2.52. The summed E-state index contributed by atoms with van der Waals surface area (Å²) in [7, 11) is 0. The van der Waals surface area contributed by atoms with E-state index in [1.807, 2.05) is 0 Å². The van der Waals surface area contributed by atoms with Crippen LogP contribution in [0.4, 0.5) is 49.6 Å². The Balaban J connectivity index is 2.46. The molecule has 1 unspecified atom stereocenters. The van der Waals surface area contributed by atoms with Crippen LogP contribution in [0.5, 0.6) is 11.5 Å². The molecule has 1 N–H and O–H groups in total. The number of rotatable bonds is 9. The van der Waals surface area contributed by atoms with Gasteiger partial charge in [-0.1, -0.05) is 18.2 Å². The van der Waals surface area contributed by atoms with Gasteiger partial charge in [-0.3, -0.25) is 0 Å². The molecule has 0 radical (unpaired) electrons. The number of anilines is 1. The van der Waals surface area contributed by atoms with Gasteiger partial charge in [0, 0.05) is 11.6 Å². The van der Waals surface area contributed by atoms with Crippen LogP contribution in [-0.2, 0) is 5.92 Å². The minimum absolute atomic E-state index is 0.126. The Labute approximate surface area is 192 Å². The topological polar surface area (TPSA) is 41.9 Å². The zero-order valence-electron chi connectivity index (χ0n) is 18.0. The fourth-order valence-electron chi connectivity index (χ4n) is 2.67. The first-order valence-corrected chi connectivity index (χ1v) is 9.76. The molecule has 0 aliphatic heterocycles. The number of aliphatic hydroxyl groups is 1. The largest absolute Gasteiger partial charge is 0.491 e. The molecule has 0 fully saturated rings. The summed E-state index contributed by atoms with van der Waals surface area (Å²) in [4.78, 5) is 5.12. The summed E-state index contributed by atoms with van der Waals surface area (Å²) >= 11 is 0. The van der Waals surface area contributed by atoms with Crippen LogP contribution >= 0.6 is 0 Å². The van der Waals surface area contributed by atoms with Gasteiger partial charge in [-0.25, -0.2) is 5.06 Å². The standard InChI is InChI=1S/C21H19F10NO3/c1-12(2)34-15-7-4-6-14(10-15)32(11-17(33)19(24,25)26)35-16-8-3-5-13(9-16)18(22,23)20(27,28)21(29,30)31/h3-10,12,17,33H,11H2,1-2H3. The number of ether oxygens (including phenoxy) is 1. The van der Waals surface area contributed by atoms with Crippen LogP contribution in [-0.4, -0.2) is 42.1 Å². The van der Waals surface area contributed by atoms with Crippen molar-refractivity contribution in [1.29, 1.82) is 0 Å². The first-order valence-electron chi connectivity index (χ1n) is 9.76. The Kier molecular flexibility index (Phi) is 8.09. The highest BCUT2D eigenvalue weighted by molar-refractivity contribution is 5.50. The molecule has 0 aliphatic carbocycles. The lowest BCUT2D eigenvalue weighted by Crippen LogP contribution is -2.50. The lowest BCUT2D eigenvalue weighted by Gasteiger charge is -2.30. The summed E-state index contributed by atoms with van der Waals surface area (Å²) in [6.07, 6.45) is -15.1. The summed E-state index contributed by atoms with van der Waals surface area (Å²) in [5, 5.41) is 9.88. The van der Waals surface area contributed by atoms with E-state index >= 15 is 0 Å². The maximum Gasteiger partial charge on any atom is 0.460 e. The molecule has 0 aromatic heterocycles. The molecular formula is C21H19F10NO3. The zero-order chi connectivity index (χ0) is 26.8. The van der Waals surface area contributed by atoms with Gasteiger partial charge in [0.05, 0.1) is 18.3 Å². The number of hydrogen-bond donors (Lipinski definition) is 1. The summed E-state index contributed by atoms with van der Waals surface area (Å²) in [5.41, 5.74) is -1.98. The molecule has 196 valence electrons. The average molecular weight is 523 g/mol. The second-order valence-electron chi connectivity index (χ2n) is 7.55. The number of aliphatic hydroxyl groups excluding tert-OH is 1. The van der Waals surface area contributed by atoms with Crippen molar-refractivity contribution in [2.75, 3.05) is 11.6 Å². The van der Waals surface area contributed by atoms with E-state index in [0.29, 0.717) is 11.1 Å². The average Bonchev–Trinajstić information content (AvgIpc) is 2.71. The maximum atomic E-state index is 14.1. The van der Waals surface area contributed by atoms with Gasteiger partial charge < -0.3 is 14.7 Å². The molecule has 0 spiro atoms. The highest BCUT2D eigenvalue weighted by atomic mass is 19.4. The quantitative estimate of drug-likeness (QED) is 0.302. The van der Waals surface area contributed by atoms with Gasteiger partial charge in [-0.2, -0.15) is 43.9 Å². The molecule has 0 bridgehead atoms. The second-order valence-corrected chi connectivity index (χ2v) is 7.55. The van der Waals surface area contributed by atoms with Gasteiger partial charge in [0.25, 0.3) is 0 Å². The third-order valence-corrected chi connectivity index (χ3v) is 4.36. The van der Waals surface area contributed by atoms with Crippen LogP contribution in [0.1, 0.15) is 19.4 Å². The van der Waals surface area contributed by atoms with Crippen molar-refractivity contribution in [3.8, 4) is 11.5 Å². The van der Waals surface area contributed by atoms with Crippen molar-refractivity contribution in [2.45, 2.75) is 50.3 Å². The molecule has 0 amide bonds. The van der Waals surface area contributed by atoms with Crippen molar-refractivity contribution >= 4 is 5.69 Å². The monoisotopic (exact) mass is 523 g/mol. The van der Waals surface area contributed by atoms with E-state index in [1.165, 1.54) is 24.3 Å². The van der Waals surface area contributed by atoms with Gasteiger partial charge >= 0.3 is 24.2 Å². The third-order valence-electron chi connectivity index (χ3n) is 4.36. The summed E-state index contributed by atoms with van der Waals surface area (Å²) < 4.78 is 137. The third kappa shape index (κ3) is 6.61. The van der Waals surface area contributed by atoms with E-state index < -0.39 is 48.2 Å². The van der Waals surface area contributed by atoms with E-state index in [9.17, 15) is 49.0 Å². The number of nitrogens with zero attached hydrogens (tertiary/aromatic N) is 1. The summed E-state index contributed by atoms with van der Waals surface area (Å²) in [6.45, 7) is 1.99. The van der Waals surface area contributed by atoms with E-state index in [0.717, 1.165) is 6.07 Å². The predicted octanol–water partition coefficient (Wildman–Crippen LogP) is 6.49. The Morgan fingerprint density at radius 1 is 0.829 bits per heavy atom. The van der Waals surface area contributed by atoms with Crippen molar-refractivity contribution in [3.05, 3.63) is 54.1 Å². The van der Waals surface area contributed by atoms with Crippen molar-refractivity contribution in [1.82, 2.24) is 0 Å². The molecule has 35 heavy (non-hydrogen) atoms. The normalized spacial score (nSPS) is 14.1. The van der Waals surface area contributed by atoms with Crippen LogP contribution in [0.2, 0.25) is 0 Å². The molecule has 4 nitrogen and oxygen atoms in total. The lowest BCUT2D eigenvalue weighted by atomic mass is 10.0. The van der Waals surface area contributed by atoms with Gasteiger partial charge in [-0.05, 0) is 38.1 Å². The van der Waals surface area contributed by atoms with Crippen LogP contribution in [0.3, 0.4) is 0 Å². The van der Waals surface area contributed by atoms with Crippen LogP contribution in [0.15, 0.2) is 48.5 Å². The minimum Gasteiger partial charge on any atom is -0.491 e. The molecule has 0 heterocycles. The molecular weight excluding hydrogens is 504 g/mol. The van der Waals surface area contributed by atoms with Gasteiger partial charge in [0.1, 0.15) is 5.75 Å². The Morgan fingerprint density at radius 3 is 1.94 bits per heavy atom. The fraction of sp³-hybridized carbons (Fsp3) is 0.429. The number of benzene rings is 2. The SMILES string of the molecule is CC(C)Oc1cccc(N(CC(O)C(F)(F)F)Oc2cccc(C(F)(F)C(F)(F)C(F)(F)F)c2)c1. The zero-order valence-corrected chi connectivity index (χ0v) is 18.0. The molecule has 2 rings (SSSR count). The van der Waals surface area contributed by atoms with Crippen molar-refractivity contribution < 1.29 is 58.6 Å². The number of hydroxylamine groups is 1. The molecule has 0 saturated heterocycles. The van der Waals surface area contributed by atoms with E-state index in [-0.39, 0.29) is 29.7 Å². The number of alkyl halides is 10. The first-order chi connectivity index (χ1) is 15.9. The van der Waals surface area contributed by atoms with Gasteiger partial charge in [0.15, 0.2) is 11.9 Å². The first kappa shape index (κ1) is 28.3. The molecule has 0 saturated carbocycles. The maximum absolute atomic E-state index is 14.1. The Hall–Kier alpha value is -2.90. The highest BCUT2D eigenvalue weighted by Gasteiger charge is 2.73. The molecule has 0 aliphatic rings. The van der Waals surface area contributed by atoms with Crippen molar-refractivity contribution in [3.63, 3.8) is 0 Å². The van der Waals surface area contributed by atoms with Crippen LogP contribution in [0, 0.1) is 0 Å². The fourth-order valence-corrected chi connectivity index (χ4v) is 2.67. The molecule has 2 aromatic carbocycles. The smallest absolute Gasteiger partial charge is 0.460 e. The second kappa shape index (κ2) is 9.99. The molecule has 14 heteroatoms. The summed E-state index contributed by atoms with van der Waals surface area (Å²) in [6, 6.07) is 7.04. The van der Waals surface area contributed by atoms with E-state index in [4.69, 9.17) is 9.57 Å². The van der Waals surface area contributed by atoms with Crippen LogP contribution in [0.25, 0.3) is 0 Å². The number of halogens is 10. The van der Waals surface area contributed by atoms with E-state index in [1.54, 1.807) is 13.8 Å². The predicted molar refractivity (Wildman–Crippen MR) is 104 cm³/mol. The van der Waals surface area contributed by atoms with Gasteiger partial charge in [-0.15, -0.1) is 0 Å². The number of hydrogen-bond acceptors (Lipinski definition) is 4. The van der Waals surface area contributed by atoms with Crippen LogP contribution < -0.4 is 14.6 Å². The van der Waals surface area contributed by atoms with E-state index in [2.05, 4.69) is 0 Å². The summed E-state index contributed by atoms with van der Waals surface area (Å²) in [5.74, 6) is -12.8. The molecule has 1 atom stereocenters. The van der Waals surface area contributed by atoms with Gasteiger partial charge in [0.2, 0.25) is 0 Å². The Bertz CT molecular complexity index is 992. The minimum atomic E-state index is -6.59. The Morgan fingerprint density at radius 2 is 1.40 bits per heavy atom. The van der Waals surface area contributed by atoms with Crippen molar-refractivity contribution in [2.24, 2.45) is 0 Å².